The first kappa shape index (κ1) is 10.4. The van der Waals surface area contributed by atoms with Crippen LogP contribution in [-0.4, -0.2) is 55.1 Å². The third kappa shape index (κ3) is 2.95. The van der Waals surface area contributed by atoms with Crippen molar-refractivity contribution in [2.45, 2.75) is 19.0 Å². The van der Waals surface area contributed by atoms with Gasteiger partial charge in [0.05, 0.1) is 13.1 Å². The lowest BCUT2D eigenvalue weighted by molar-refractivity contribution is -0.131. The van der Waals surface area contributed by atoms with E-state index >= 15 is 0 Å². The van der Waals surface area contributed by atoms with Gasteiger partial charge in [0.25, 0.3) is 0 Å². The van der Waals surface area contributed by atoms with E-state index in [-0.39, 0.29) is 12.5 Å². The molecule has 0 saturated carbocycles. The van der Waals surface area contributed by atoms with Crippen LogP contribution in [0, 0.1) is 0 Å². The van der Waals surface area contributed by atoms with Crippen LogP contribution >= 0.6 is 0 Å². The molecule has 1 atom stereocenters. The number of carbonyl (C=O) groups excluding carboxylic acids is 1. The highest BCUT2D eigenvalue weighted by Gasteiger charge is 2.35. The molecule has 13 heavy (non-hydrogen) atoms. The van der Waals surface area contributed by atoms with Crippen molar-refractivity contribution in [2.75, 3.05) is 33.7 Å². The number of likely N-dealkylation sites (tertiary alicyclic amines) is 1. The summed E-state index contributed by atoms with van der Waals surface area (Å²) in [6.45, 7) is 2.73. The molecule has 1 saturated heterocycles. The van der Waals surface area contributed by atoms with Gasteiger partial charge >= 0.3 is 0 Å². The standard InChI is InChI=1S/C9H17FN2O/c1-9(10)4-5-12(7-9)8(13)6-11(2)3/h4-7H2,1-3H3. The molecule has 1 rings (SSSR count). The van der Waals surface area contributed by atoms with Gasteiger partial charge in [0, 0.05) is 13.0 Å². The molecule has 1 heterocycles. The van der Waals surface area contributed by atoms with Gasteiger partial charge in [-0.05, 0) is 21.0 Å². The summed E-state index contributed by atoms with van der Waals surface area (Å²) in [5.74, 6) is 0.0198. The van der Waals surface area contributed by atoms with Crippen molar-refractivity contribution in [3.05, 3.63) is 0 Å². The Bertz CT molecular complexity index is 204. The minimum atomic E-state index is -1.18. The number of halogens is 1. The van der Waals surface area contributed by atoms with Crippen molar-refractivity contribution < 1.29 is 9.18 Å². The van der Waals surface area contributed by atoms with E-state index in [1.54, 1.807) is 16.7 Å². The Morgan fingerprint density at radius 3 is 2.62 bits per heavy atom. The quantitative estimate of drug-likeness (QED) is 0.630. The number of hydrogen-bond donors (Lipinski definition) is 0. The van der Waals surface area contributed by atoms with Crippen LogP contribution in [-0.2, 0) is 4.79 Å². The van der Waals surface area contributed by atoms with Crippen molar-refractivity contribution in [3.63, 3.8) is 0 Å². The molecular formula is C9H17FN2O. The summed E-state index contributed by atoms with van der Waals surface area (Å²) in [6.07, 6.45) is 0.464. The van der Waals surface area contributed by atoms with Gasteiger partial charge in [-0.3, -0.25) is 4.79 Å². The molecule has 1 aliphatic rings. The smallest absolute Gasteiger partial charge is 0.236 e. The predicted octanol–water partition coefficient (Wildman–Crippen LogP) is 0.508. The third-order valence-electron chi connectivity index (χ3n) is 2.23. The molecule has 1 unspecified atom stereocenters. The Balaban J connectivity index is 2.42. The second-order valence-corrected chi connectivity index (χ2v) is 4.22. The number of amides is 1. The first-order valence-corrected chi connectivity index (χ1v) is 4.52. The van der Waals surface area contributed by atoms with Crippen LogP contribution in [0.4, 0.5) is 4.39 Å². The lowest BCUT2D eigenvalue weighted by Crippen LogP contribution is -2.37. The van der Waals surface area contributed by atoms with Crippen LogP contribution in [0.1, 0.15) is 13.3 Å². The molecular weight excluding hydrogens is 171 g/mol. The van der Waals surface area contributed by atoms with E-state index in [0.29, 0.717) is 19.5 Å². The minimum Gasteiger partial charge on any atom is -0.338 e. The van der Waals surface area contributed by atoms with Crippen LogP contribution < -0.4 is 0 Å². The van der Waals surface area contributed by atoms with Gasteiger partial charge < -0.3 is 9.80 Å². The Labute approximate surface area is 78.5 Å². The summed E-state index contributed by atoms with van der Waals surface area (Å²) in [4.78, 5) is 14.9. The fourth-order valence-electron chi connectivity index (χ4n) is 1.51. The Morgan fingerprint density at radius 2 is 2.23 bits per heavy atom. The molecule has 0 aromatic carbocycles. The second-order valence-electron chi connectivity index (χ2n) is 4.22. The zero-order valence-electron chi connectivity index (χ0n) is 8.51. The summed E-state index contributed by atoms with van der Waals surface area (Å²) in [5, 5.41) is 0. The summed E-state index contributed by atoms with van der Waals surface area (Å²) < 4.78 is 13.4. The molecule has 0 aromatic heterocycles. The monoisotopic (exact) mass is 188 g/mol. The van der Waals surface area contributed by atoms with Gasteiger partial charge in [0.15, 0.2) is 0 Å². The zero-order valence-corrected chi connectivity index (χ0v) is 8.51. The molecule has 0 aliphatic carbocycles. The maximum Gasteiger partial charge on any atom is 0.236 e. The summed E-state index contributed by atoms with van der Waals surface area (Å²) in [6, 6.07) is 0. The largest absolute Gasteiger partial charge is 0.338 e. The summed E-state index contributed by atoms with van der Waals surface area (Å²) in [7, 11) is 3.67. The van der Waals surface area contributed by atoms with E-state index in [4.69, 9.17) is 0 Å². The molecule has 3 nitrogen and oxygen atoms in total. The van der Waals surface area contributed by atoms with E-state index in [9.17, 15) is 9.18 Å². The summed E-state index contributed by atoms with van der Waals surface area (Å²) in [5.41, 5.74) is -1.18. The Kier molecular flexibility index (Phi) is 2.91. The SMILES string of the molecule is CN(C)CC(=O)N1CCC(C)(F)C1. The molecule has 0 bridgehead atoms. The topological polar surface area (TPSA) is 23.6 Å². The minimum absolute atomic E-state index is 0.0198. The molecule has 0 N–H and O–H groups in total. The average Bonchev–Trinajstić information content (AvgIpc) is 2.28. The molecule has 1 aliphatic heterocycles. The molecule has 0 aromatic rings. The number of carbonyl (C=O) groups is 1. The highest BCUT2D eigenvalue weighted by atomic mass is 19.1. The van der Waals surface area contributed by atoms with Crippen molar-refractivity contribution in [3.8, 4) is 0 Å². The molecule has 1 fully saturated rings. The first-order chi connectivity index (χ1) is 5.91. The molecule has 1 amide bonds. The van der Waals surface area contributed by atoms with Gasteiger partial charge in [0.2, 0.25) is 5.91 Å². The lowest BCUT2D eigenvalue weighted by Gasteiger charge is -2.19. The first-order valence-electron chi connectivity index (χ1n) is 4.52. The zero-order chi connectivity index (χ0) is 10.1. The highest BCUT2D eigenvalue weighted by molar-refractivity contribution is 5.78. The van der Waals surface area contributed by atoms with Crippen LogP contribution in [0.2, 0.25) is 0 Å². The maximum atomic E-state index is 13.4. The predicted molar refractivity (Wildman–Crippen MR) is 49.3 cm³/mol. The van der Waals surface area contributed by atoms with Crippen LogP contribution in [0.15, 0.2) is 0 Å². The lowest BCUT2D eigenvalue weighted by atomic mass is 10.1. The van der Waals surface area contributed by atoms with Gasteiger partial charge in [-0.2, -0.15) is 0 Å². The van der Waals surface area contributed by atoms with Crippen molar-refractivity contribution in [1.29, 1.82) is 0 Å². The molecule has 0 spiro atoms. The number of rotatable bonds is 2. The van der Waals surface area contributed by atoms with Crippen molar-refractivity contribution in [1.82, 2.24) is 9.80 Å². The fourth-order valence-corrected chi connectivity index (χ4v) is 1.51. The average molecular weight is 188 g/mol. The number of hydrogen-bond acceptors (Lipinski definition) is 2. The normalized spacial score (nSPS) is 28.5. The second kappa shape index (κ2) is 3.62. The van der Waals surface area contributed by atoms with Crippen LogP contribution in [0.3, 0.4) is 0 Å². The third-order valence-corrected chi connectivity index (χ3v) is 2.23. The number of alkyl halides is 1. The molecule has 4 heteroatoms. The highest BCUT2D eigenvalue weighted by Crippen LogP contribution is 2.24. The maximum absolute atomic E-state index is 13.4. The molecule has 76 valence electrons. The van der Waals surface area contributed by atoms with Crippen LogP contribution in [0.25, 0.3) is 0 Å². The van der Waals surface area contributed by atoms with Crippen LogP contribution in [0.5, 0.6) is 0 Å². The van der Waals surface area contributed by atoms with Gasteiger partial charge in [0.1, 0.15) is 5.67 Å². The van der Waals surface area contributed by atoms with Gasteiger partial charge in [-0.1, -0.05) is 0 Å². The molecule has 0 radical (unpaired) electrons. The number of nitrogens with zero attached hydrogens (tertiary/aromatic N) is 2. The van der Waals surface area contributed by atoms with E-state index < -0.39 is 5.67 Å². The van der Waals surface area contributed by atoms with E-state index in [1.807, 2.05) is 14.1 Å². The van der Waals surface area contributed by atoms with E-state index in [1.165, 1.54) is 0 Å². The number of likely N-dealkylation sites (N-methyl/N-ethyl adjacent to an activating group) is 1. The van der Waals surface area contributed by atoms with Crippen molar-refractivity contribution >= 4 is 5.91 Å². The van der Waals surface area contributed by atoms with Gasteiger partial charge in [-0.15, -0.1) is 0 Å². The summed E-state index contributed by atoms with van der Waals surface area (Å²) >= 11 is 0. The van der Waals surface area contributed by atoms with Gasteiger partial charge in [-0.25, -0.2) is 4.39 Å². The van der Waals surface area contributed by atoms with E-state index in [0.717, 1.165) is 0 Å². The fraction of sp³-hybridized carbons (Fsp3) is 0.889. The Morgan fingerprint density at radius 1 is 1.62 bits per heavy atom. The van der Waals surface area contributed by atoms with Crippen molar-refractivity contribution in [2.24, 2.45) is 0 Å². The van der Waals surface area contributed by atoms with E-state index in [2.05, 4.69) is 0 Å². The Hall–Kier alpha value is -0.640.